The third kappa shape index (κ3) is 2.62. The van der Waals surface area contributed by atoms with E-state index < -0.39 is 10.8 Å². The van der Waals surface area contributed by atoms with Crippen LogP contribution in [0.25, 0.3) is 0 Å². The van der Waals surface area contributed by atoms with Crippen LogP contribution in [-0.2, 0) is 0 Å². The number of hydrogen-bond donors (Lipinski definition) is 0. The van der Waals surface area contributed by atoms with Crippen LogP contribution in [-0.4, -0.2) is 19.0 Å². The molecular weight excluding hydrogens is 298 g/mol. The van der Waals surface area contributed by atoms with Gasteiger partial charge in [-0.2, -0.15) is 5.26 Å². The van der Waals surface area contributed by atoms with Crippen molar-refractivity contribution in [3.05, 3.63) is 63.6 Å². The van der Waals surface area contributed by atoms with Crippen LogP contribution in [0.4, 0.5) is 11.6 Å². The van der Waals surface area contributed by atoms with E-state index in [1.54, 1.807) is 12.1 Å². The lowest BCUT2D eigenvalue weighted by atomic mass is 9.92. The van der Waals surface area contributed by atoms with E-state index >= 15 is 0 Å². The largest absolute Gasteiger partial charge is 0.446 e. The summed E-state index contributed by atoms with van der Waals surface area (Å²) in [6.45, 7) is 0. The Morgan fingerprint density at radius 3 is 2.70 bits per heavy atom. The summed E-state index contributed by atoms with van der Waals surface area (Å²) in [5.74, 6) is 0.339. The Balaban J connectivity index is 2.09. The summed E-state index contributed by atoms with van der Waals surface area (Å²) in [5, 5.41) is 20.0. The van der Waals surface area contributed by atoms with Crippen molar-refractivity contribution in [3.8, 4) is 11.8 Å². The Hall–Kier alpha value is -3.27. The van der Waals surface area contributed by atoms with Crippen molar-refractivity contribution < 1.29 is 14.1 Å². The molecule has 1 aliphatic rings. The van der Waals surface area contributed by atoms with Gasteiger partial charge in [0.2, 0.25) is 5.76 Å². The van der Waals surface area contributed by atoms with Gasteiger partial charge in [0.25, 0.3) is 0 Å². The van der Waals surface area contributed by atoms with E-state index in [4.69, 9.17) is 14.4 Å². The predicted octanol–water partition coefficient (Wildman–Crippen LogP) is 3.19. The molecule has 7 nitrogen and oxygen atoms in total. The zero-order valence-corrected chi connectivity index (χ0v) is 12.5. The van der Waals surface area contributed by atoms with Gasteiger partial charge in [0.05, 0.1) is 12.0 Å². The van der Waals surface area contributed by atoms with Gasteiger partial charge in [-0.25, -0.2) is 0 Å². The van der Waals surface area contributed by atoms with Gasteiger partial charge < -0.3 is 14.1 Å². The molecule has 2 heterocycles. The summed E-state index contributed by atoms with van der Waals surface area (Å²) in [5.41, 5.74) is 1.71. The molecule has 7 heteroatoms. The first kappa shape index (κ1) is 14.7. The number of fused-ring (bicyclic) bond motifs is 1. The first-order valence-corrected chi connectivity index (χ1v) is 6.84. The summed E-state index contributed by atoms with van der Waals surface area (Å²) in [7, 11) is 3.80. The van der Waals surface area contributed by atoms with Gasteiger partial charge in [0.15, 0.2) is 0 Å². The number of allylic oxidation sites excluding steroid dienone is 2. The molecule has 23 heavy (non-hydrogen) atoms. The number of anilines is 1. The number of rotatable bonds is 3. The van der Waals surface area contributed by atoms with Gasteiger partial charge in [-0.15, -0.1) is 0 Å². The fraction of sp³-hybridized carbons (Fsp3) is 0.188. The fourth-order valence-electron chi connectivity index (χ4n) is 2.44. The Bertz CT molecular complexity index is 845. The van der Waals surface area contributed by atoms with E-state index in [1.165, 1.54) is 6.07 Å². The topological polar surface area (TPSA) is 92.5 Å². The number of hydrogen-bond acceptors (Lipinski definition) is 6. The Morgan fingerprint density at radius 2 is 2.09 bits per heavy atom. The van der Waals surface area contributed by atoms with Gasteiger partial charge in [-0.05, 0) is 18.2 Å². The molecule has 1 aromatic heterocycles. The Kier molecular flexibility index (Phi) is 3.50. The van der Waals surface area contributed by atoms with Crippen LogP contribution in [0.15, 0.2) is 46.6 Å². The molecule has 0 spiro atoms. The van der Waals surface area contributed by atoms with E-state index in [1.807, 2.05) is 43.3 Å². The maximum Gasteiger partial charge on any atom is 0.433 e. The molecular formula is C16H13N3O4. The normalized spacial score (nSPS) is 15.9. The second-order valence-electron chi connectivity index (χ2n) is 5.27. The molecule has 1 aliphatic heterocycles. The van der Waals surface area contributed by atoms with Gasteiger partial charge >= 0.3 is 5.88 Å². The molecule has 0 amide bonds. The second-order valence-corrected chi connectivity index (χ2v) is 5.27. The van der Waals surface area contributed by atoms with Crippen molar-refractivity contribution in [2.45, 2.75) is 5.92 Å². The fourth-order valence-corrected chi connectivity index (χ4v) is 2.44. The van der Waals surface area contributed by atoms with Gasteiger partial charge in [-0.1, -0.05) is 6.07 Å². The maximum absolute atomic E-state index is 10.8. The molecule has 0 bridgehead atoms. The number of furan rings is 1. The lowest BCUT2D eigenvalue weighted by Crippen LogP contribution is -2.13. The zero-order valence-electron chi connectivity index (χ0n) is 12.5. The summed E-state index contributed by atoms with van der Waals surface area (Å²) >= 11 is 0. The summed E-state index contributed by atoms with van der Waals surface area (Å²) in [6, 6.07) is 10.4. The lowest BCUT2D eigenvalue weighted by molar-refractivity contribution is -0.402. The van der Waals surface area contributed by atoms with Crippen LogP contribution >= 0.6 is 0 Å². The molecule has 1 aromatic carbocycles. The molecule has 116 valence electrons. The first-order valence-electron chi connectivity index (χ1n) is 6.84. The average Bonchev–Trinajstić information content (AvgIpc) is 3.03. The minimum Gasteiger partial charge on any atom is -0.446 e. The number of nitriles is 1. The second kappa shape index (κ2) is 5.50. The summed E-state index contributed by atoms with van der Waals surface area (Å²) in [4.78, 5) is 12.1. The van der Waals surface area contributed by atoms with Gasteiger partial charge in [0.1, 0.15) is 22.5 Å². The highest BCUT2D eigenvalue weighted by atomic mass is 16.6. The molecule has 0 saturated carbocycles. The Labute approximate surface area is 132 Å². The van der Waals surface area contributed by atoms with Crippen molar-refractivity contribution in [1.29, 1.82) is 5.26 Å². The molecule has 0 N–H and O–H groups in total. The Morgan fingerprint density at radius 1 is 1.30 bits per heavy atom. The highest BCUT2D eigenvalue weighted by molar-refractivity contribution is 5.58. The molecule has 0 saturated heterocycles. The van der Waals surface area contributed by atoms with E-state index in [0.717, 1.165) is 11.3 Å². The van der Waals surface area contributed by atoms with E-state index in [9.17, 15) is 10.1 Å². The molecule has 1 atom stereocenters. The SMILES string of the molecule is CN(C)c1ccc2c(c1)OC(C#N)=CC2c1ccc([N+](=O)[O-])o1. The van der Waals surface area contributed by atoms with Gasteiger partial charge in [-0.3, -0.25) is 10.1 Å². The van der Waals surface area contributed by atoms with Gasteiger partial charge in [0, 0.05) is 31.4 Å². The number of benzene rings is 1. The molecule has 0 aliphatic carbocycles. The van der Waals surface area contributed by atoms with Crippen LogP contribution in [0.3, 0.4) is 0 Å². The molecule has 1 unspecified atom stereocenters. The molecule has 2 aromatic rings. The van der Waals surface area contributed by atoms with E-state index in [2.05, 4.69) is 0 Å². The highest BCUT2D eigenvalue weighted by Gasteiger charge is 2.27. The summed E-state index contributed by atoms with van der Waals surface area (Å²) < 4.78 is 10.9. The van der Waals surface area contributed by atoms with Crippen LogP contribution in [0, 0.1) is 21.4 Å². The monoisotopic (exact) mass is 311 g/mol. The third-order valence-corrected chi connectivity index (χ3v) is 3.60. The standard InChI is InChI=1S/C16H13N3O4/c1-18(2)10-3-4-12-13(8-11(9-17)22-15(12)7-10)14-5-6-16(23-14)19(20)21/h3-8,13H,1-2H3. The molecule has 3 rings (SSSR count). The van der Waals surface area contributed by atoms with Crippen molar-refractivity contribution in [3.63, 3.8) is 0 Å². The predicted molar refractivity (Wildman–Crippen MR) is 82.3 cm³/mol. The van der Waals surface area contributed by atoms with Crippen LogP contribution in [0.1, 0.15) is 17.2 Å². The molecule has 0 fully saturated rings. The number of nitrogens with zero attached hydrogens (tertiary/aromatic N) is 3. The average molecular weight is 311 g/mol. The highest BCUT2D eigenvalue weighted by Crippen LogP contribution is 2.41. The smallest absolute Gasteiger partial charge is 0.433 e. The quantitative estimate of drug-likeness (QED) is 0.638. The van der Waals surface area contributed by atoms with Crippen LogP contribution in [0.5, 0.6) is 5.75 Å². The van der Waals surface area contributed by atoms with Crippen molar-refractivity contribution >= 4 is 11.6 Å². The lowest BCUT2D eigenvalue weighted by Gasteiger charge is -2.23. The van der Waals surface area contributed by atoms with Crippen LogP contribution < -0.4 is 9.64 Å². The van der Waals surface area contributed by atoms with E-state index in [0.29, 0.717) is 11.5 Å². The molecule has 0 radical (unpaired) electrons. The number of nitro groups is 1. The van der Waals surface area contributed by atoms with E-state index in [-0.39, 0.29) is 11.6 Å². The van der Waals surface area contributed by atoms with Crippen molar-refractivity contribution in [1.82, 2.24) is 0 Å². The van der Waals surface area contributed by atoms with Crippen molar-refractivity contribution in [2.24, 2.45) is 0 Å². The minimum atomic E-state index is -0.589. The first-order chi connectivity index (χ1) is 11.0. The van der Waals surface area contributed by atoms with Crippen molar-refractivity contribution in [2.75, 3.05) is 19.0 Å². The number of ether oxygens (including phenoxy) is 1. The zero-order chi connectivity index (χ0) is 16.6. The maximum atomic E-state index is 10.8. The van der Waals surface area contributed by atoms with Crippen LogP contribution in [0.2, 0.25) is 0 Å². The minimum absolute atomic E-state index is 0.137. The summed E-state index contributed by atoms with van der Waals surface area (Å²) in [6.07, 6.45) is 1.60. The third-order valence-electron chi connectivity index (χ3n) is 3.60.